The van der Waals surface area contributed by atoms with Gasteiger partial charge in [0, 0.05) is 20.0 Å². The standard InChI is InChI=1S/C43H62N8O9/c1-6-27(4)36(42(58)59)50-43(60)48-30-21-13-14-23-45-37(53)32(24-29-18-11-8-12-19-29)47-39(55)33(25-34(44)52)51(5)41(57)31(22-15-20-28-16-9-7-10-17-28)46-40(56)35(26(2)3)49-38(30)54/h7-12,16-19,26-27,30-33,35-36H,6,13-15,20-25H2,1-5H3,(H2,44,52)(H,45,53)(H,46,56)(H,47,55)(H,49,54)(H,58,59)(H2,48,50,60). The number of aliphatic carboxylic acids is 1. The number of carboxylic acid groups (broad SMARTS) is 1. The molecule has 9 N–H and O–H groups in total. The van der Waals surface area contributed by atoms with Crippen LogP contribution in [0, 0.1) is 11.8 Å². The van der Waals surface area contributed by atoms with E-state index < -0.39 is 102 Å². The molecule has 0 bridgehead atoms. The molecule has 0 saturated carbocycles. The molecule has 1 aliphatic heterocycles. The van der Waals surface area contributed by atoms with Crippen molar-refractivity contribution < 1.29 is 43.5 Å². The van der Waals surface area contributed by atoms with Gasteiger partial charge in [0.25, 0.3) is 0 Å². The number of benzene rings is 2. The van der Waals surface area contributed by atoms with Crippen LogP contribution in [0.4, 0.5) is 4.79 Å². The Bertz CT molecular complexity index is 1780. The Balaban J connectivity index is 2.03. The number of likely N-dealkylation sites (N-methyl/N-ethyl adjacent to an activating group) is 1. The Morgan fingerprint density at radius 3 is 2.03 bits per heavy atom. The third kappa shape index (κ3) is 15.3. The summed E-state index contributed by atoms with van der Waals surface area (Å²) in [5, 5.41) is 25.8. The molecule has 1 saturated heterocycles. The summed E-state index contributed by atoms with van der Waals surface area (Å²) in [6.07, 6.45) is 1.72. The zero-order chi connectivity index (χ0) is 44.4. The van der Waals surface area contributed by atoms with Gasteiger partial charge in [0.2, 0.25) is 35.4 Å². The van der Waals surface area contributed by atoms with E-state index in [-0.39, 0.29) is 25.8 Å². The number of carbonyl (C=O) groups excluding carboxylic acids is 7. The van der Waals surface area contributed by atoms with Crippen LogP contribution in [-0.2, 0) is 46.4 Å². The van der Waals surface area contributed by atoms with Crippen molar-refractivity contribution in [2.75, 3.05) is 13.6 Å². The van der Waals surface area contributed by atoms with Gasteiger partial charge in [-0.2, -0.15) is 0 Å². The number of urea groups is 1. The minimum absolute atomic E-state index is 0.0486. The summed E-state index contributed by atoms with van der Waals surface area (Å²) < 4.78 is 0. The molecular weight excluding hydrogens is 773 g/mol. The van der Waals surface area contributed by atoms with Gasteiger partial charge in [-0.1, -0.05) is 94.8 Å². The lowest BCUT2D eigenvalue weighted by Crippen LogP contribution is -2.61. The maximum Gasteiger partial charge on any atom is 0.326 e. The quantitative estimate of drug-likeness (QED) is 0.137. The van der Waals surface area contributed by atoms with Crippen molar-refractivity contribution >= 4 is 47.4 Å². The summed E-state index contributed by atoms with van der Waals surface area (Å²) in [5.74, 6) is -6.52. The van der Waals surface area contributed by atoms with E-state index in [0.717, 1.165) is 16.0 Å². The van der Waals surface area contributed by atoms with Crippen LogP contribution in [0.1, 0.15) is 83.8 Å². The summed E-state index contributed by atoms with van der Waals surface area (Å²) in [7, 11) is 1.32. The lowest BCUT2D eigenvalue weighted by molar-refractivity contribution is -0.144. The van der Waals surface area contributed by atoms with Gasteiger partial charge in [-0.25, -0.2) is 9.59 Å². The van der Waals surface area contributed by atoms with Crippen molar-refractivity contribution in [3.63, 3.8) is 0 Å². The van der Waals surface area contributed by atoms with E-state index in [1.54, 1.807) is 58.0 Å². The van der Waals surface area contributed by atoms with Crippen molar-refractivity contribution in [3.8, 4) is 0 Å². The van der Waals surface area contributed by atoms with E-state index in [9.17, 15) is 43.5 Å². The average molecular weight is 835 g/mol. The molecule has 1 fully saturated rings. The molecular formula is C43H62N8O9. The van der Waals surface area contributed by atoms with E-state index in [4.69, 9.17) is 5.73 Å². The molecule has 3 rings (SSSR count). The normalized spacial score (nSPS) is 22.4. The van der Waals surface area contributed by atoms with Crippen LogP contribution in [0.3, 0.4) is 0 Å². The van der Waals surface area contributed by atoms with Gasteiger partial charge >= 0.3 is 12.0 Å². The number of amides is 8. The van der Waals surface area contributed by atoms with Gasteiger partial charge in [0.1, 0.15) is 36.3 Å². The van der Waals surface area contributed by atoms with Gasteiger partial charge in [-0.05, 0) is 61.5 Å². The van der Waals surface area contributed by atoms with Gasteiger partial charge < -0.3 is 47.6 Å². The molecule has 2 aromatic carbocycles. The Morgan fingerprint density at radius 1 is 0.833 bits per heavy atom. The molecule has 8 amide bonds. The van der Waals surface area contributed by atoms with E-state index >= 15 is 0 Å². The predicted molar refractivity (Wildman–Crippen MR) is 224 cm³/mol. The predicted octanol–water partition coefficient (Wildman–Crippen LogP) is 1.53. The van der Waals surface area contributed by atoms with Crippen LogP contribution in [-0.4, -0.2) is 107 Å². The summed E-state index contributed by atoms with van der Waals surface area (Å²) in [6.45, 7) is 6.96. The molecule has 0 spiro atoms. The molecule has 7 atom stereocenters. The number of nitrogens with one attached hydrogen (secondary N) is 6. The molecule has 1 heterocycles. The second kappa shape index (κ2) is 24.2. The highest BCUT2D eigenvalue weighted by molar-refractivity contribution is 5.98. The molecule has 60 heavy (non-hydrogen) atoms. The number of rotatable bonds is 14. The first kappa shape index (κ1) is 48.4. The fourth-order valence-corrected chi connectivity index (χ4v) is 6.89. The van der Waals surface area contributed by atoms with Crippen molar-refractivity contribution in [1.82, 2.24) is 36.8 Å². The third-order valence-electron chi connectivity index (χ3n) is 10.7. The zero-order valence-corrected chi connectivity index (χ0v) is 35.2. The van der Waals surface area contributed by atoms with E-state index in [1.165, 1.54) is 7.05 Å². The maximum atomic E-state index is 14.4. The lowest BCUT2D eigenvalue weighted by atomic mass is 9.99. The van der Waals surface area contributed by atoms with Gasteiger partial charge in [-0.3, -0.25) is 28.8 Å². The smallest absolute Gasteiger partial charge is 0.326 e. The Kier molecular flexibility index (Phi) is 19.5. The highest BCUT2D eigenvalue weighted by Crippen LogP contribution is 2.15. The monoisotopic (exact) mass is 834 g/mol. The van der Waals surface area contributed by atoms with Crippen LogP contribution in [0.25, 0.3) is 0 Å². The molecule has 0 aliphatic carbocycles. The summed E-state index contributed by atoms with van der Waals surface area (Å²) in [6, 6.07) is 10.1. The number of carbonyl (C=O) groups is 8. The molecule has 328 valence electrons. The van der Waals surface area contributed by atoms with Crippen LogP contribution in [0.15, 0.2) is 60.7 Å². The van der Waals surface area contributed by atoms with Crippen molar-refractivity contribution in [2.45, 2.75) is 122 Å². The second-order valence-corrected chi connectivity index (χ2v) is 15.7. The topological polar surface area (TPSA) is 258 Å². The largest absolute Gasteiger partial charge is 0.480 e. The number of nitrogens with zero attached hydrogens (tertiary/aromatic N) is 1. The first-order valence-corrected chi connectivity index (χ1v) is 20.6. The number of nitrogens with two attached hydrogens (primary N) is 1. The number of hydrogen-bond donors (Lipinski definition) is 8. The van der Waals surface area contributed by atoms with E-state index in [1.807, 2.05) is 30.3 Å². The lowest BCUT2D eigenvalue weighted by Gasteiger charge is -2.32. The number of aryl methyl sites for hydroxylation is 1. The summed E-state index contributed by atoms with van der Waals surface area (Å²) >= 11 is 0. The number of hydrogen-bond acceptors (Lipinski definition) is 8. The highest BCUT2D eigenvalue weighted by atomic mass is 16.4. The molecule has 17 nitrogen and oxygen atoms in total. The fourth-order valence-electron chi connectivity index (χ4n) is 6.89. The third-order valence-corrected chi connectivity index (χ3v) is 10.7. The van der Waals surface area contributed by atoms with Crippen LogP contribution in [0.5, 0.6) is 0 Å². The Morgan fingerprint density at radius 2 is 1.45 bits per heavy atom. The molecule has 0 aromatic heterocycles. The van der Waals surface area contributed by atoms with E-state index in [0.29, 0.717) is 32.1 Å². The molecule has 7 unspecified atom stereocenters. The van der Waals surface area contributed by atoms with E-state index in [2.05, 4.69) is 31.9 Å². The number of primary amides is 1. The molecule has 1 aliphatic rings. The fraction of sp³-hybridized carbons (Fsp3) is 0.535. The number of carboxylic acids is 1. The van der Waals surface area contributed by atoms with Crippen LogP contribution in [0.2, 0.25) is 0 Å². The minimum atomic E-state index is -1.45. The zero-order valence-electron chi connectivity index (χ0n) is 35.2. The minimum Gasteiger partial charge on any atom is -0.480 e. The van der Waals surface area contributed by atoms with Crippen molar-refractivity contribution in [3.05, 3.63) is 71.8 Å². The molecule has 2 aromatic rings. The van der Waals surface area contributed by atoms with Crippen molar-refractivity contribution in [1.29, 1.82) is 0 Å². The van der Waals surface area contributed by atoms with Crippen LogP contribution < -0.4 is 37.6 Å². The summed E-state index contributed by atoms with van der Waals surface area (Å²) in [5.41, 5.74) is 7.30. The highest BCUT2D eigenvalue weighted by Gasteiger charge is 2.37. The molecule has 0 radical (unpaired) electrons. The van der Waals surface area contributed by atoms with Crippen LogP contribution >= 0.6 is 0 Å². The van der Waals surface area contributed by atoms with Gasteiger partial charge in [-0.15, -0.1) is 0 Å². The average Bonchev–Trinajstić information content (AvgIpc) is 3.21. The SMILES string of the molecule is CCC(C)C(NC(=O)NC1CCCCNC(=O)C(Cc2ccccc2)NC(=O)C(CC(N)=O)N(C)C(=O)C(CCCc2ccccc2)NC(=O)C(C(C)C)NC1=O)C(=O)O. The van der Waals surface area contributed by atoms with Gasteiger partial charge in [0.05, 0.1) is 6.42 Å². The Hall–Kier alpha value is -6.00. The first-order chi connectivity index (χ1) is 28.5. The second-order valence-electron chi connectivity index (χ2n) is 15.7. The van der Waals surface area contributed by atoms with Crippen molar-refractivity contribution in [2.24, 2.45) is 17.6 Å². The maximum absolute atomic E-state index is 14.4. The first-order valence-electron chi connectivity index (χ1n) is 20.6. The summed E-state index contributed by atoms with van der Waals surface area (Å²) in [4.78, 5) is 109. The van der Waals surface area contributed by atoms with Gasteiger partial charge in [0.15, 0.2) is 0 Å². The molecule has 17 heteroatoms. The Labute approximate surface area is 351 Å².